The maximum atomic E-state index is 12.0. The fourth-order valence-corrected chi connectivity index (χ4v) is 2.70. The third-order valence-electron chi connectivity index (χ3n) is 4.00. The standard InChI is InChI=1S/C14H24N4O/c15-10-12-2-4-13(5-3-12)14(19)17-6-1-8-18-9-7-16-11-18/h7,9,11-13H,1-6,8,10,15H2,(H,17,19). The molecule has 0 aromatic carbocycles. The summed E-state index contributed by atoms with van der Waals surface area (Å²) in [4.78, 5) is 16.0. The Kier molecular flexibility index (Phi) is 5.39. The van der Waals surface area contributed by atoms with Crippen LogP contribution in [0.2, 0.25) is 0 Å². The molecule has 0 bridgehead atoms. The molecule has 1 saturated carbocycles. The van der Waals surface area contributed by atoms with Crippen molar-refractivity contribution in [3.63, 3.8) is 0 Å². The lowest BCUT2D eigenvalue weighted by Gasteiger charge is -2.26. The van der Waals surface area contributed by atoms with Gasteiger partial charge in [0.25, 0.3) is 0 Å². The minimum atomic E-state index is 0.205. The molecule has 1 aromatic heterocycles. The molecule has 1 heterocycles. The molecule has 2 rings (SSSR count). The molecule has 1 aliphatic rings. The van der Waals surface area contributed by atoms with E-state index in [0.717, 1.165) is 51.7 Å². The third-order valence-corrected chi connectivity index (χ3v) is 4.00. The van der Waals surface area contributed by atoms with Gasteiger partial charge in [-0.25, -0.2) is 4.98 Å². The predicted molar refractivity (Wildman–Crippen MR) is 74.4 cm³/mol. The number of amides is 1. The first kappa shape index (κ1) is 14.1. The largest absolute Gasteiger partial charge is 0.356 e. The molecule has 0 atom stereocenters. The normalized spacial score (nSPS) is 23.2. The Balaban J connectivity index is 1.59. The van der Waals surface area contributed by atoms with Gasteiger partial charge < -0.3 is 15.6 Å². The summed E-state index contributed by atoms with van der Waals surface area (Å²) >= 11 is 0. The molecule has 19 heavy (non-hydrogen) atoms. The van der Waals surface area contributed by atoms with Gasteiger partial charge >= 0.3 is 0 Å². The number of carbonyl (C=O) groups excluding carboxylic acids is 1. The minimum absolute atomic E-state index is 0.205. The molecular formula is C14H24N4O. The predicted octanol–water partition coefficient (Wildman–Crippen LogP) is 1.15. The highest BCUT2D eigenvalue weighted by Crippen LogP contribution is 2.28. The van der Waals surface area contributed by atoms with Crippen LogP contribution < -0.4 is 11.1 Å². The summed E-state index contributed by atoms with van der Waals surface area (Å²) in [6.45, 7) is 2.41. The van der Waals surface area contributed by atoms with Gasteiger partial charge in [-0.05, 0) is 44.6 Å². The van der Waals surface area contributed by atoms with Crippen molar-refractivity contribution in [3.8, 4) is 0 Å². The van der Waals surface area contributed by atoms with Crippen molar-refractivity contribution in [1.82, 2.24) is 14.9 Å². The second-order valence-corrected chi connectivity index (χ2v) is 5.40. The van der Waals surface area contributed by atoms with Crippen LogP contribution in [-0.2, 0) is 11.3 Å². The SMILES string of the molecule is NCC1CCC(C(=O)NCCCn2ccnc2)CC1. The number of nitrogens with zero attached hydrogens (tertiary/aromatic N) is 2. The third kappa shape index (κ3) is 4.35. The number of hydrogen-bond donors (Lipinski definition) is 2. The van der Waals surface area contributed by atoms with E-state index in [2.05, 4.69) is 10.3 Å². The first-order chi connectivity index (χ1) is 9.29. The first-order valence-corrected chi connectivity index (χ1v) is 7.23. The molecule has 1 aromatic rings. The van der Waals surface area contributed by atoms with E-state index < -0.39 is 0 Å². The van der Waals surface area contributed by atoms with Gasteiger partial charge in [0.15, 0.2) is 0 Å². The van der Waals surface area contributed by atoms with E-state index in [4.69, 9.17) is 5.73 Å². The van der Waals surface area contributed by atoms with E-state index in [1.165, 1.54) is 0 Å². The monoisotopic (exact) mass is 264 g/mol. The number of nitrogens with one attached hydrogen (secondary N) is 1. The van der Waals surface area contributed by atoms with E-state index in [0.29, 0.717) is 5.92 Å². The van der Waals surface area contributed by atoms with Crippen LogP contribution in [0, 0.1) is 11.8 Å². The molecule has 5 heteroatoms. The van der Waals surface area contributed by atoms with Crippen molar-refractivity contribution in [2.45, 2.75) is 38.6 Å². The average molecular weight is 264 g/mol. The van der Waals surface area contributed by atoms with Crippen LogP contribution >= 0.6 is 0 Å². The summed E-state index contributed by atoms with van der Waals surface area (Å²) in [6.07, 6.45) is 10.7. The fourth-order valence-electron chi connectivity index (χ4n) is 2.70. The topological polar surface area (TPSA) is 72.9 Å². The highest BCUT2D eigenvalue weighted by atomic mass is 16.1. The van der Waals surface area contributed by atoms with Gasteiger partial charge in [0.2, 0.25) is 5.91 Å². The van der Waals surface area contributed by atoms with Gasteiger partial charge in [-0.2, -0.15) is 0 Å². The first-order valence-electron chi connectivity index (χ1n) is 7.23. The molecule has 0 spiro atoms. The molecule has 0 saturated heterocycles. The van der Waals surface area contributed by atoms with Gasteiger partial charge in [0.05, 0.1) is 6.33 Å². The van der Waals surface area contributed by atoms with Gasteiger partial charge in [-0.15, -0.1) is 0 Å². The number of imidazole rings is 1. The zero-order valence-electron chi connectivity index (χ0n) is 11.4. The van der Waals surface area contributed by atoms with E-state index in [9.17, 15) is 4.79 Å². The summed E-state index contributed by atoms with van der Waals surface area (Å²) in [5.41, 5.74) is 5.66. The zero-order chi connectivity index (χ0) is 13.5. The number of carbonyl (C=O) groups is 1. The Hall–Kier alpha value is -1.36. The van der Waals surface area contributed by atoms with Gasteiger partial charge in [0.1, 0.15) is 0 Å². The van der Waals surface area contributed by atoms with Crippen molar-refractivity contribution in [2.75, 3.05) is 13.1 Å². The van der Waals surface area contributed by atoms with E-state index in [1.807, 2.05) is 10.8 Å². The summed E-state index contributed by atoms with van der Waals surface area (Å²) < 4.78 is 2.03. The number of nitrogens with two attached hydrogens (primary N) is 1. The van der Waals surface area contributed by atoms with Crippen LogP contribution in [0.25, 0.3) is 0 Å². The molecule has 106 valence electrons. The molecular weight excluding hydrogens is 240 g/mol. The van der Waals surface area contributed by atoms with Crippen LogP contribution in [0.15, 0.2) is 18.7 Å². The molecule has 3 N–H and O–H groups in total. The van der Waals surface area contributed by atoms with Crippen LogP contribution in [0.1, 0.15) is 32.1 Å². The van der Waals surface area contributed by atoms with Crippen molar-refractivity contribution in [3.05, 3.63) is 18.7 Å². The van der Waals surface area contributed by atoms with Gasteiger partial charge in [0, 0.05) is 31.4 Å². The van der Waals surface area contributed by atoms with E-state index in [-0.39, 0.29) is 11.8 Å². The molecule has 1 fully saturated rings. The maximum Gasteiger partial charge on any atom is 0.223 e. The molecule has 1 amide bonds. The summed E-state index contributed by atoms with van der Waals surface area (Å²) in [5.74, 6) is 1.06. The number of aryl methyl sites for hydroxylation is 1. The Bertz CT molecular complexity index is 369. The van der Waals surface area contributed by atoms with Crippen molar-refractivity contribution in [2.24, 2.45) is 17.6 Å². The molecule has 5 nitrogen and oxygen atoms in total. The highest BCUT2D eigenvalue weighted by Gasteiger charge is 2.25. The second-order valence-electron chi connectivity index (χ2n) is 5.40. The number of hydrogen-bond acceptors (Lipinski definition) is 3. The quantitative estimate of drug-likeness (QED) is 0.757. The number of aromatic nitrogens is 2. The van der Waals surface area contributed by atoms with Crippen molar-refractivity contribution in [1.29, 1.82) is 0 Å². The average Bonchev–Trinajstić information content (AvgIpc) is 2.96. The lowest BCUT2D eigenvalue weighted by Crippen LogP contribution is -2.35. The Morgan fingerprint density at radius 2 is 2.16 bits per heavy atom. The molecule has 0 aliphatic heterocycles. The highest BCUT2D eigenvalue weighted by molar-refractivity contribution is 5.78. The molecule has 0 unspecified atom stereocenters. The number of rotatable bonds is 6. The lowest BCUT2D eigenvalue weighted by atomic mass is 9.81. The fraction of sp³-hybridized carbons (Fsp3) is 0.714. The lowest BCUT2D eigenvalue weighted by molar-refractivity contribution is -0.126. The summed E-state index contributed by atoms with van der Waals surface area (Å²) in [7, 11) is 0. The van der Waals surface area contributed by atoms with Crippen molar-refractivity contribution >= 4 is 5.91 Å². The summed E-state index contributed by atoms with van der Waals surface area (Å²) in [6, 6.07) is 0. The van der Waals surface area contributed by atoms with Crippen LogP contribution in [0.5, 0.6) is 0 Å². The van der Waals surface area contributed by atoms with Gasteiger partial charge in [-0.1, -0.05) is 0 Å². The second kappa shape index (κ2) is 7.28. The minimum Gasteiger partial charge on any atom is -0.356 e. The van der Waals surface area contributed by atoms with E-state index in [1.54, 1.807) is 12.5 Å². The summed E-state index contributed by atoms with van der Waals surface area (Å²) in [5, 5.41) is 3.04. The molecule has 1 aliphatic carbocycles. The van der Waals surface area contributed by atoms with E-state index >= 15 is 0 Å². The van der Waals surface area contributed by atoms with Crippen molar-refractivity contribution < 1.29 is 4.79 Å². The van der Waals surface area contributed by atoms with Crippen LogP contribution in [0.3, 0.4) is 0 Å². The Morgan fingerprint density at radius 1 is 1.37 bits per heavy atom. The maximum absolute atomic E-state index is 12.0. The Labute approximate surface area is 114 Å². The van der Waals surface area contributed by atoms with Gasteiger partial charge in [-0.3, -0.25) is 4.79 Å². The molecule has 0 radical (unpaired) electrons. The van der Waals surface area contributed by atoms with Crippen LogP contribution in [-0.4, -0.2) is 28.5 Å². The zero-order valence-corrected chi connectivity index (χ0v) is 11.4. The van der Waals surface area contributed by atoms with Crippen LogP contribution in [0.4, 0.5) is 0 Å². The smallest absolute Gasteiger partial charge is 0.223 e. The Morgan fingerprint density at radius 3 is 2.79 bits per heavy atom.